The number of hydrogen-bond acceptors (Lipinski definition) is 1. The van der Waals surface area contributed by atoms with Gasteiger partial charge in [0.25, 0.3) is 0 Å². The molecule has 2 aliphatic rings. The lowest BCUT2D eigenvalue weighted by Crippen LogP contribution is -2.66. The molecule has 2 aliphatic heterocycles. The lowest BCUT2D eigenvalue weighted by molar-refractivity contribution is 0.274. The van der Waals surface area contributed by atoms with Crippen molar-refractivity contribution >= 4 is 7.28 Å². The minimum absolute atomic E-state index is 0.694. The van der Waals surface area contributed by atoms with Crippen molar-refractivity contribution in [2.45, 2.75) is 24.6 Å². The minimum atomic E-state index is 0.694. The maximum Gasteiger partial charge on any atom is 0.146 e. The van der Waals surface area contributed by atoms with E-state index < -0.39 is 0 Å². The van der Waals surface area contributed by atoms with Crippen molar-refractivity contribution in [2.24, 2.45) is 0 Å². The zero-order valence-corrected chi connectivity index (χ0v) is 4.54. The third kappa shape index (κ3) is 0.380. The highest BCUT2D eigenvalue weighted by Gasteiger charge is 2.42. The average molecular weight is 95.0 g/mol. The molecule has 0 amide bonds. The van der Waals surface area contributed by atoms with E-state index in [1.807, 2.05) is 0 Å². The third-order valence-electron chi connectivity index (χ3n) is 2.41. The highest BCUT2D eigenvalue weighted by atomic mass is 15.0. The Morgan fingerprint density at radius 2 is 2.14 bits per heavy atom. The van der Waals surface area contributed by atoms with Gasteiger partial charge in [0.05, 0.1) is 0 Å². The van der Waals surface area contributed by atoms with E-state index in [-0.39, 0.29) is 0 Å². The molecule has 0 saturated carbocycles. The Labute approximate surface area is 44.7 Å². The summed E-state index contributed by atoms with van der Waals surface area (Å²) in [6.07, 6.45) is 4.37. The fourth-order valence-electron chi connectivity index (χ4n) is 1.51. The van der Waals surface area contributed by atoms with Crippen LogP contribution < -0.4 is 5.32 Å². The molecule has 2 heterocycles. The molecule has 0 aromatic heterocycles. The highest BCUT2D eigenvalue weighted by molar-refractivity contribution is 6.44. The van der Waals surface area contributed by atoms with Gasteiger partial charge < -0.3 is 5.32 Å². The molecule has 2 rings (SSSR count). The first-order valence-electron chi connectivity index (χ1n) is 3.16. The Kier molecular flexibility index (Phi) is 0.595. The van der Waals surface area contributed by atoms with Crippen LogP contribution in [0, 0.1) is 0 Å². The zero-order chi connectivity index (χ0) is 4.74. The van der Waals surface area contributed by atoms with Crippen molar-refractivity contribution in [3.05, 3.63) is 0 Å². The molecule has 2 saturated heterocycles. The van der Waals surface area contributed by atoms with E-state index in [4.69, 9.17) is 0 Å². The minimum Gasteiger partial charge on any atom is -0.318 e. The molecule has 0 aromatic rings. The van der Waals surface area contributed by atoms with Crippen LogP contribution in [0.3, 0.4) is 0 Å². The zero-order valence-electron chi connectivity index (χ0n) is 4.54. The molecule has 1 atom stereocenters. The van der Waals surface area contributed by atoms with Gasteiger partial charge in [-0.15, -0.1) is 0 Å². The number of nitrogens with one attached hydrogen (secondary N) is 1. The van der Waals surface area contributed by atoms with Gasteiger partial charge in [-0.05, 0) is 24.8 Å². The molecular formula is C5H10BN. The molecule has 1 nitrogen and oxygen atoms in total. The van der Waals surface area contributed by atoms with Crippen molar-refractivity contribution in [1.29, 1.82) is 0 Å². The van der Waals surface area contributed by atoms with Crippen molar-refractivity contribution in [3.8, 4) is 0 Å². The Bertz CT molecular complexity index is 68.6. The first-order valence-corrected chi connectivity index (χ1v) is 3.16. The van der Waals surface area contributed by atoms with Crippen molar-refractivity contribution in [1.82, 2.24) is 5.32 Å². The van der Waals surface area contributed by atoms with E-state index in [2.05, 4.69) is 5.32 Å². The van der Waals surface area contributed by atoms with Gasteiger partial charge in [-0.25, -0.2) is 0 Å². The molecule has 1 spiro atoms. The lowest BCUT2D eigenvalue weighted by Gasteiger charge is -2.50. The van der Waals surface area contributed by atoms with Crippen molar-refractivity contribution in [3.63, 3.8) is 0 Å². The van der Waals surface area contributed by atoms with Gasteiger partial charge in [-0.3, -0.25) is 0 Å². The molecule has 0 radical (unpaired) electrons. The maximum absolute atomic E-state index is 3.46. The Morgan fingerprint density at radius 3 is 2.14 bits per heavy atom. The second-order valence-electron chi connectivity index (χ2n) is 2.81. The molecule has 2 fully saturated rings. The van der Waals surface area contributed by atoms with Crippen LogP contribution >= 0.6 is 0 Å². The van der Waals surface area contributed by atoms with E-state index in [9.17, 15) is 0 Å². The van der Waals surface area contributed by atoms with Gasteiger partial charge in [-0.1, -0.05) is 6.32 Å². The molecule has 1 unspecified atom stereocenters. The SMILES string of the molecule is B1CCC12CCN2. The summed E-state index contributed by atoms with van der Waals surface area (Å²) in [4.78, 5) is 0. The van der Waals surface area contributed by atoms with Crippen LogP contribution in [0.4, 0.5) is 0 Å². The van der Waals surface area contributed by atoms with Crippen LogP contribution in [-0.2, 0) is 0 Å². The third-order valence-corrected chi connectivity index (χ3v) is 2.41. The number of hydrogen-bond donors (Lipinski definition) is 1. The molecule has 0 aromatic carbocycles. The first kappa shape index (κ1) is 3.96. The van der Waals surface area contributed by atoms with Crippen LogP contribution in [0.2, 0.25) is 6.32 Å². The van der Waals surface area contributed by atoms with Crippen LogP contribution in [0.5, 0.6) is 0 Å². The summed E-state index contributed by atoms with van der Waals surface area (Å²) < 4.78 is 0. The van der Waals surface area contributed by atoms with E-state index in [0.717, 1.165) is 0 Å². The van der Waals surface area contributed by atoms with Gasteiger partial charge in [0.1, 0.15) is 7.28 Å². The normalized spacial score (nSPS) is 46.9. The predicted molar refractivity (Wildman–Crippen MR) is 31.9 cm³/mol. The summed E-state index contributed by atoms with van der Waals surface area (Å²) in [5.41, 5.74) is 0.694. The molecule has 38 valence electrons. The summed E-state index contributed by atoms with van der Waals surface area (Å²) in [7, 11) is 1.45. The summed E-state index contributed by atoms with van der Waals surface area (Å²) >= 11 is 0. The standard InChI is InChI=1S/C5H10BN/c1-3-6-5(1)2-4-7-5/h6-7H,1-4H2. The maximum atomic E-state index is 3.46. The van der Waals surface area contributed by atoms with E-state index >= 15 is 0 Å². The molecule has 7 heavy (non-hydrogen) atoms. The molecule has 0 bridgehead atoms. The monoisotopic (exact) mass is 95.1 g/mol. The van der Waals surface area contributed by atoms with Crippen LogP contribution in [0.1, 0.15) is 12.8 Å². The summed E-state index contributed by atoms with van der Waals surface area (Å²) in [5, 5.41) is 3.46. The second-order valence-corrected chi connectivity index (χ2v) is 2.81. The van der Waals surface area contributed by atoms with Gasteiger partial charge in [-0.2, -0.15) is 0 Å². The fourth-order valence-corrected chi connectivity index (χ4v) is 1.51. The van der Waals surface area contributed by atoms with Crippen molar-refractivity contribution < 1.29 is 0 Å². The fraction of sp³-hybridized carbons (Fsp3) is 1.00. The van der Waals surface area contributed by atoms with Gasteiger partial charge in [0.2, 0.25) is 0 Å². The van der Waals surface area contributed by atoms with Crippen molar-refractivity contribution in [2.75, 3.05) is 6.54 Å². The van der Waals surface area contributed by atoms with Crippen LogP contribution in [0.15, 0.2) is 0 Å². The number of rotatable bonds is 0. The van der Waals surface area contributed by atoms with Gasteiger partial charge in [0, 0.05) is 0 Å². The Balaban J connectivity index is 2.00. The molecular weight excluding hydrogens is 84.9 g/mol. The quantitative estimate of drug-likeness (QED) is 0.415. The smallest absolute Gasteiger partial charge is 0.146 e. The summed E-state index contributed by atoms with van der Waals surface area (Å²) in [6, 6.07) is 0. The van der Waals surface area contributed by atoms with Crippen LogP contribution in [-0.4, -0.2) is 19.3 Å². The second kappa shape index (κ2) is 1.05. The largest absolute Gasteiger partial charge is 0.318 e. The van der Waals surface area contributed by atoms with Gasteiger partial charge in [0.15, 0.2) is 0 Å². The Morgan fingerprint density at radius 1 is 1.43 bits per heavy atom. The molecule has 1 N–H and O–H groups in total. The Hall–Kier alpha value is 0.0249. The van der Waals surface area contributed by atoms with Gasteiger partial charge >= 0.3 is 0 Å². The van der Waals surface area contributed by atoms with E-state index in [1.165, 1.54) is 33.0 Å². The molecule has 2 heteroatoms. The van der Waals surface area contributed by atoms with E-state index in [1.54, 1.807) is 0 Å². The first-order chi connectivity index (χ1) is 3.41. The van der Waals surface area contributed by atoms with Crippen LogP contribution in [0.25, 0.3) is 0 Å². The summed E-state index contributed by atoms with van der Waals surface area (Å²) in [5.74, 6) is 0. The predicted octanol–water partition coefficient (Wildman–Crippen LogP) is -0.0655. The summed E-state index contributed by atoms with van der Waals surface area (Å²) in [6.45, 7) is 1.28. The average Bonchev–Trinajstić information content (AvgIpc) is 1.20. The molecule has 0 aliphatic carbocycles. The topological polar surface area (TPSA) is 12.0 Å². The van der Waals surface area contributed by atoms with E-state index in [0.29, 0.717) is 5.44 Å². The highest BCUT2D eigenvalue weighted by Crippen LogP contribution is 2.32. The lowest BCUT2D eigenvalue weighted by atomic mass is 9.39.